The first-order valence-corrected chi connectivity index (χ1v) is 3.93. The van der Waals surface area contributed by atoms with E-state index in [4.69, 9.17) is 0 Å². The SMILES string of the molecule is O=C1CCCN1c1cncnc1. The third kappa shape index (κ3) is 1.15. The Morgan fingerprint density at radius 2 is 2.08 bits per heavy atom. The molecule has 1 aliphatic heterocycles. The summed E-state index contributed by atoms with van der Waals surface area (Å²) in [4.78, 5) is 20.7. The van der Waals surface area contributed by atoms with Crippen LogP contribution in [0.1, 0.15) is 12.8 Å². The van der Waals surface area contributed by atoms with Crippen LogP contribution in [0, 0.1) is 0 Å². The third-order valence-corrected chi connectivity index (χ3v) is 1.93. The summed E-state index contributed by atoms with van der Waals surface area (Å²) in [5.74, 6) is 0.171. The predicted octanol–water partition coefficient (Wildman–Crippen LogP) is 0.603. The Morgan fingerprint density at radius 1 is 1.33 bits per heavy atom. The van der Waals surface area contributed by atoms with Crippen molar-refractivity contribution in [1.29, 1.82) is 0 Å². The zero-order valence-electron chi connectivity index (χ0n) is 6.60. The quantitative estimate of drug-likeness (QED) is 0.609. The molecule has 1 amide bonds. The van der Waals surface area contributed by atoms with Crippen LogP contribution in [-0.4, -0.2) is 22.4 Å². The summed E-state index contributed by atoms with van der Waals surface area (Å²) < 4.78 is 0. The zero-order chi connectivity index (χ0) is 8.39. The van der Waals surface area contributed by atoms with Gasteiger partial charge in [-0.3, -0.25) is 4.79 Å². The van der Waals surface area contributed by atoms with E-state index in [0.717, 1.165) is 18.7 Å². The lowest BCUT2D eigenvalue weighted by molar-refractivity contribution is -0.117. The lowest BCUT2D eigenvalue weighted by Gasteiger charge is -2.13. The molecule has 0 spiro atoms. The molecule has 0 radical (unpaired) electrons. The lowest BCUT2D eigenvalue weighted by Crippen LogP contribution is -2.23. The van der Waals surface area contributed by atoms with E-state index in [-0.39, 0.29) is 5.91 Å². The van der Waals surface area contributed by atoms with Crippen LogP contribution < -0.4 is 4.90 Å². The molecule has 2 rings (SSSR count). The number of carbonyl (C=O) groups is 1. The maximum absolute atomic E-state index is 11.2. The van der Waals surface area contributed by atoms with E-state index < -0.39 is 0 Å². The zero-order valence-corrected chi connectivity index (χ0v) is 6.60. The minimum Gasteiger partial charge on any atom is -0.310 e. The van der Waals surface area contributed by atoms with Gasteiger partial charge in [-0.15, -0.1) is 0 Å². The van der Waals surface area contributed by atoms with Crippen LogP contribution >= 0.6 is 0 Å². The highest BCUT2D eigenvalue weighted by molar-refractivity contribution is 5.94. The average molecular weight is 163 g/mol. The summed E-state index contributed by atoms with van der Waals surface area (Å²) in [6.07, 6.45) is 6.37. The summed E-state index contributed by atoms with van der Waals surface area (Å²) >= 11 is 0. The number of hydrogen-bond donors (Lipinski definition) is 0. The van der Waals surface area contributed by atoms with Gasteiger partial charge in [0.2, 0.25) is 5.91 Å². The molecule has 2 heterocycles. The number of nitrogens with zero attached hydrogens (tertiary/aromatic N) is 3. The Bertz CT molecular complexity index is 286. The van der Waals surface area contributed by atoms with Gasteiger partial charge in [0.1, 0.15) is 6.33 Å². The van der Waals surface area contributed by atoms with Crippen LogP contribution in [0.4, 0.5) is 5.69 Å². The van der Waals surface area contributed by atoms with Gasteiger partial charge in [-0.25, -0.2) is 9.97 Å². The first-order chi connectivity index (χ1) is 5.88. The largest absolute Gasteiger partial charge is 0.310 e. The lowest BCUT2D eigenvalue weighted by atomic mass is 10.4. The second kappa shape index (κ2) is 2.89. The molecule has 1 aromatic rings. The molecule has 0 saturated carbocycles. The van der Waals surface area contributed by atoms with Gasteiger partial charge in [0.05, 0.1) is 18.1 Å². The van der Waals surface area contributed by atoms with E-state index in [1.54, 1.807) is 17.3 Å². The number of amides is 1. The second-order valence-corrected chi connectivity index (χ2v) is 2.75. The minimum absolute atomic E-state index is 0.171. The van der Waals surface area contributed by atoms with Crippen LogP contribution in [0.3, 0.4) is 0 Å². The fourth-order valence-electron chi connectivity index (χ4n) is 1.35. The fraction of sp³-hybridized carbons (Fsp3) is 0.375. The molecule has 1 aromatic heterocycles. The van der Waals surface area contributed by atoms with Crippen molar-refractivity contribution in [3.05, 3.63) is 18.7 Å². The van der Waals surface area contributed by atoms with E-state index in [0.29, 0.717) is 6.42 Å². The molecule has 12 heavy (non-hydrogen) atoms. The van der Waals surface area contributed by atoms with Crippen LogP contribution in [0.5, 0.6) is 0 Å². The Morgan fingerprint density at radius 3 is 2.67 bits per heavy atom. The number of hydrogen-bond acceptors (Lipinski definition) is 3. The van der Waals surface area contributed by atoms with Gasteiger partial charge in [-0.1, -0.05) is 0 Å². The van der Waals surface area contributed by atoms with Crippen molar-refractivity contribution in [1.82, 2.24) is 9.97 Å². The van der Waals surface area contributed by atoms with Crippen molar-refractivity contribution in [2.24, 2.45) is 0 Å². The molecule has 4 nitrogen and oxygen atoms in total. The second-order valence-electron chi connectivity index (χ2n) is 2.75. The third-order valence-electron chi connectivity index (χ3n) is 1.93. The normalized spacial score (nSPS) is 17.0. The first kappa shape index (κ1) is 7.21. The summed E-state index contributed by atoms with van der Waals surface area (Å²) in [5.41, 5.74) is 0.806. The maximum atomic E-state index is 11.2. The molecule has 0 aromatic carbocycles. The Kier molecular flexibility index (Phi) is 1.74. The standard InChI is InChI=1S/C8H9N3O/c12-8-2-1-3-11(8)7-4-9-6-10-5-7/h4-6H,1-3H2. The van der Waals surface area contributed by atoms with E-state index in [1.807, 2.05) is 0 Å². The monoisotopic (exact) mass is 163 g/mol. The van der Waals surface area contributed by atoms with Gasteiger partial charge in [0, 0.05) is 13.0 Å². The molecule has 0 bridgehead atoms. The van der Waals surface area contributed by atoms with Crippen molar-refractivity contribution in [3.63, 3.8) is 0 Å². The van der Waals surface area contributed by atoms with Crippen LogP contribution in [0.25, 0.3) is 0 Å². The van der Waals surface area contributed by atoms with E-state index in [1.165, 1.54) is 6.33 Å². The highest BCUT2D eigenvalue weighted by Crippen LogP contribution is 2.18. The molecule has 62 valence electrons. The van der Waals surface area contributed by atoms with Crippen LogP contribution in [0.2, 0.25) is 0 Å². The highest BCUT2D eigenvalue weighted by Gasteiger charge is 2.21. The van der Waals surface area contributed by atoms with E-state index >= 15 is 0 Å². The van der Waals surface area contributed by atoms with Crippen molar-refractivity contribution in [2.75, 3.05) is 11.4 Å². The van der Waals surface area contributed by atoms with Gasteiger partial charge in [0.15, 0.2) is 0 Å². The summed E-state index contributed by atoms with van der Waals surface area (Å²) in [6, 6.07) is 0. The maximum Gasteiger partial charge on any atom is 0.227 e. The van der Waals surface area contributed by atoms with Crippen molar-refractivity contribution >= 4 is 11.6 Å². The molecule has 0 atom stereocenters. The molecular formula is C8H9N3O. The Hall–Kier alpha value is -1.45. The Balaban J connectivity index is 2.25. The average Bonchev–Trinajstić information content (AvgIpc) is 2.53. The van der Waals surface area contributed by atoms with Gasteiger partial charge < -0.3 is 4.90 Å². The molecule has 4 heteroatoms. The fourth-order valence-corrected chi connectivity index (χ4v) is 1.35. The molecule has 0 unspecified atom stereocenters. The van der Waals surface area contributed by atoms with Gasteiger partial charge >= 0.3 is 0 Å². The molecule has 0 N–H and O–H groups in total. The molecule has 0 aliphatic carbocycles. The van der Waals surface area contributed by atoms with Gasteiger partial charge in [-0.2, -0.15) is 0 Å². The number of anilines is 1. The van der Waals surface area contributed by atoms with Crippen LogP contribution in [0.15, 0.2) is 18.7 Å². The summed E-state index contributed by atoms with van der Waals surface area (Å²) in [7, 11) is 0. The molecule has 1 saturated heterocycles. The van der Waals surface area contributed by atoms with Gasteiger partial charge in [-0.05, 0) is 6.42 Å². The van der Waals surface area contributed by atoms with Gasteiger partial charge in [0.25, 0.3) is 0 Å². The summed E-state index contributed by atoms with van der Waals surface area (Å²) in [6.45, 7) is 0.798. The molecule has 1 fully saturated rings. The topological polar surface area (TPSA) is 46.1 Å². The van der Waals surface area contributed by atoms with Crippen LogP contribution in [-0.2, 0) is 4.79 Å². The van der Waals surface area contributed by atoms with Crippen molar-refractivity contribution in [2.45, 2.75) is 12.8 Å². The number of rotatable bonds is 1. The summed E-state index contributed by atoms with van der Waals surface area (Å²) in [5, 5.41) is 0. The first-order valence-electron chi connectivity index (χ1n) is 3.93. The highest BCUT2D eigenvalue weighted by atomic mass is 16.2. The Labute approximate surface area is 70.2 Å². The number of aromatic nitrogens is 2. The molecule has 1 aliphatic rings. The minimum atomic E-state index is 0.171. The van der Waals surface area contributed by atoms with Crippen molar-refractivity contribution in [3.8, 4) is 0 Å². The molecular weight excluding hydrogens is 154 g/mol. The number of carbonyl (C=O) groups excluding carboxylic acids is 1. The van der Waals surface area contributed by atoms with E-state index in [2.05, 4.69) is 9.97 Å². The van der Waals surface area contributed by atoms with Crippen molar-refractivity contribution < 1.29 is 4.79 Å². The van der Waals surface area contributed by atoms with E-state index in [9.17, 15) is 4.79 Å². The smallest absolute Gasteiger partial charge is 0.227 e. The predicted molar refractivity (Wildman–Crippen MR) is 43.6 cm³/mol.